The van der Waals surface area contributed by atoms with Gasteiger partial charge in [-0.15, -0.1) is 11.3 Å². The summed E-state index contributed by atoms with van der Waals surface area (Å²) in [7, 11) is 3.40. The van der Waals surface area contributed by atoms with Crippen LogP contribution in [0.1, 0.15) is 18.7 Å². The van der Waals surface area contributed by atoms with Crippen molar-refractivity contribution in [1.82, 2.24) is 29.4 Å². The summed E-state index contributed by atoms with van der Waals surface area (Å²) in [5, 5.41) is 13.1. The van der Waals surface area contributed by atoms with Crippen molar-refractivity contribution in [2.45, 2.75) is 19.5 Å². The molecule has 1 amide bonds. The first kappa shape index (κ1) is 29.8. The molecule has 0 N–H and O–H groups in total. The Kier molecular flexibility index (Phi) is 7.61. The number of aryl methyl sites for hydroxylation is 1. The first-order valence-corrected chi connectivity index (χ1v) is 15.6. The Labute approximate surface area is 267 Å². The maximum absolute atomic E-state index is 16.0. The van der Waals surface area contributed by atoms with Gasteiger partial charge in [-0.05, 0) is 42.6 Å². The van der Waals surface area contributed by atoms with Crippen molar-refractivity contribution in [2.24, 2.45) is 7.05 Å². The Morgan fingerprint density at radius 2 is 1.93 bits per heavy atom. The molecule has 0 saturated heterocycles. The predicted octanol–water partition coefficient (Wildman–Crippen LogP) is 6.77. The maximum Gasteiger partial charge on any atom is 0.246 e. The third-order valence-electron chi connectivity index (χ3n) is 8.27. The molecule has 7 rings (SSSR count). The van der Waals surface area contributed by atoms with Gasteiger partial charge in [-0.3, -0.25) is 14.2 Å². The van der Waals surface area contributed by atoms with Gasteiger partial charge >= 0.3 is 0 Å². The van der Waals surface area contributed by atoms with Crippen LogP contribution in [-0.4, -0.2) is 62.2 Å². The van der Waals surface area contributed by atoms with Crippen LogP contribution >= 0.6 is 11.3 Å². The van der Waals surface area contributed by atoms with Gasteiger partial charge in [-0.2, -0.15) is 10.2 Å². The highest BCUT2D eigenvalue weighted by molar-refractivity contribution is 7.18. The summed E-state index contributed by atoms with van der Waals surface area (Å²) in [6, 6.07) is 11.5. The standard InChI is InChI=1S/C34H30F2N6O3S/c1-5-29(43)41-9-10-42-27(19(41)2)17-26(39-42)33-31(30-24(36)15-22(35)16-28(30)45-12-11-44-4)34-23(8-13-46-34)32(37-33)20-6-7-25-21(14-20)18-40(3)38-25/h5-8,13-19H,1,9-12H2,2-4H3. The highest BCUT2D eigenvalue weighted by Crippen LogP contribution is 2.47. The predicted molar refractivity (Wildman–Crippen MR) is 174 cm³/mol. The lowest BCUT2D eigenvalue weighted by Gasteiger charge is -2.33. The molecular formula is C34H30F2N6O3S. The summed E-state index contributed by atoms with van der Waals surface area (Å²) in [5.74, 6) is -1.67. The van der Waals surface area contributed by atoms with Gasteiger partial charge in [0.2, 0.25) is 5.91 Å². The van der Waals surface area contributed by atoms with Crippen LogP contribution in [0.4, 0.5) is 8.78 Å². The normalized spacial score (nSPS) is 14.6. The Balaban J connectivity index is 1.50. The highest BCUT2D eigenvalue weighted by Gasteiger charge is 2.31. The number of benzene rings is 2. The second-order valence-electron chi connectivity index (χ2n) is 11.1. The number of amides is 1. The van der Waals surface area contributed by atoms with Crippen LogP contribution in [0.15, 0.2) is 66.7 Å². The number of thiophene rings is 1. The molecule has 0 fully saturated rings. The van der Waals surface area contributed by atoms with E-state index in [9.17, 15) is 9.18 Å². The molecule has 4 aromatic heterocycles. The Morgan fingerprint density at radius 1 is 1.09 bits per heavy atom. The van der Waals surface area contributed by atoms with Crippen LogP contribution in [0.2, 0.25) is 0 Å². The van der Waals surface area contributed by atoms with Crippen LogP contribution in [0.3, 0.4) is 0 Å². The van der Waals surface area contributed by atoms with Crippen molar-refractivity contribution in [3.63, 3.8) is 0 Å². The Hall–Kier alpha value is -4.94. The average Bonchev–Trinajstić information content (AvgIpc) is 3.78. The number of ether oxygens (including phenoxy) is 2. The van der Waals surface area contributed by atoms with E-state index in [1.54, 1.807) is 9.58 Å². The van der Waals surface area contributed by atoms with E-state index in [2.05, 4.69) is 11.7 Å². The zero-order valence-corrected chi connectivity index (χ0v) is 26.3. The second kappa shape index (κ2) is 11.8. The molecule has 2 aromatic carbocycles. The van der Waals surface area contributed by atoms with E-state index in [4.69, 9.17) is 19.6 Å². The molecule has 1 unspecified atom stereocenters. The van der Waals surface area contributed by atoms with Crippen LogP contribution < -0.4 is 4.74 Å². The number of carbonyl (C=O) groups is 1. The fourth-order valence-corrected chi connectivity index (χ4v) is 7.08. The minimum absolute atomic E-state index is 0.0388. The number of halogens is 2. The van der Waals surface area contributed by atoms with Gasteiger partial charge in [-0.25, -0.2) is 13.8 Å². The van der Waals surface area contributed by atoms with Gasteiger partial charge in [0, 0.05) is 65.6 Å². The van der Waals surface area contributed by atoms with E-state index in [0.29, 0.717) is 35.7 Å². The quantitative estimate of drug-likeness (QED) is 0.135. The van der Waals surface area contributed by atoms with E-state index in [-0.39, 0.29) is 36.5 Å². The van der Waals surface area contributed by atoms with Gasteiger partial charge in [0.1, 0.15) is 35.4 Å². The number of rotatable bonds is 8. The van der Waals surface area contributed by atoms with Crippen LogP contribution in [0.5, 0.6) is 5.75 Å². The third kappa shape index (κ3) is 5.03. The van der Waals surface area contributed by atoms with Gasteiger partial charge in [-0.1, -0.05) is 12.6 Å². The van der Waals surface area contributed by atoms with E-state index >= 15 is 4.39 Å². The Morgan fingerprint density at radius 3 is 2.74 bits per heavy atom. The number of hydrogen-bond donors (Lipinski definition) is 0. The number of carbonyl (C=O) groups excluding carboxylic acids is 1. The topological polar surface area (TPSA) is 87.3 Å². The molecule has 9 nitrogen and oxygen atoms in total. The SMILES string of the molecule is C=CC(=O)N1CCn2nc(-c3nc(-c4ccc5nn(C)cc5c4)c4ccsc4c3-c3c(F)cc(F)cc3OCCOC)cc2C1C. The minimum Gasteiger partial charge on any atom is -0.490 e. The summed E-state index contributed by atoms with van der Waals surface area (Å²) >= 11 is 1.43. The number of methoxy groups -OCH3 is 1. The number of pyridine rings is 1. The smallest absolute Gasteiger partial charge is 0.246 e. The van der Waals surface area contributed by atoms with E-state index < -0.39 is 11.6 Å². The van der Waals surface area contributed by atoms with Gasteiger partial charge in [0.25, 0.3) is 0 Å². The molecule has 46 heavy (non-hydrogen) atoms. The van der Waals surface area contributed by atoms with Crippen molar-refractivity contribution in [3.05, 3.63) is 84.0 Å². The lowest BCUT2D eigenvalue weighted by molar-refractivity contribution is -0.129. The Bertz CT molecular complexity index is 2150. The summed E-state index contributed by atoms with van der Waals surface area (Å²) in [4.78, 5) is 19.5. The summed E-state index contributed by atoms with van der Waals surface area (Å²) in [6.07, 6.45) is 3.25. The van der Waals surface area contributed by atoms with Gasteiger partial charge in [0.05, 0.1) is 41.7 Å². The molecule has 234 valence electrons. The van der Waals surface area contributed by atoms with Crippen molar-refractivity contribution < 1.29 is 23.0 Å². The molecule has 0 spiro atoms. The molecule has 5 heterocycles. The molecule has 1 atom stereocenters. The number of aromatic nitrogens is 5. The van der Waals surface area contributed by atoms with E-state index in [0.717, 1.165) is 38.3 Å². The number of nitrogens with zero attached hydrogens (tertiary/aromatic N) is 6. The largest absolute Gasteiger partial charge is 0.490 e. The first-order valence-electron chi connectivity index (χ1n) is 14.7. The fourth-order valence-electron chi connectivity index (χ4n) is 6.14. The molecule has 12 heteroatoms. The molecule has 0 bridgehead atoms. The number of hydrogen-bond acceptors (Lipinski definition) is 7. The summed E-state index contributed by atoms with van der Waals surface area (Å²) in [6.45, 7) is 6.84. The summed E-state index contributed by atoms with van der Waals surface area (Å²) in [5.41, 5.74) is 4.65. The van der Waals surface area contributed by atoms with E-state index in [1.165, 1.54) is 30.6 Å². The zero-order chi connectivity index (χ0) is 32.1. The molecule has 1 aliphatic heterocycles. The van der Waals surface area contributed by atoms with Crippen molar-refractivity contribution in [1.29, 1.82) is 0 Å². The van der Waals surface area contributed by atoms with Gasteiger partial charge < -0.3 is 14.4 Å². The van der Waals surface area contributed by atoms with Gasteiger partial charge in [0.15, 0.2) is 0 Å². The monoisotopic (exact) mass is 640 g/mol. The molecule has 0 aliphatic carbocycles. The molecular weight excluding hydrogens is 610 g/mol. The zero-order valence-electron chi connectivity index (χ0n) is 25.5. The molecule has 1 aliphatic rings. The molecule has 0 radical (unpaired) electrons. The van der Waals surface area contributed by atoms with Crippen LogP contribution in [0, 0.1) is 11.6 Å². The maximum atomic E-state index is 16.0. The third-order valence-corrected chi connectivity index (χ3v) is 9.21. The molecule has 0 saturated carbocycles. The second-order valence-corrected chi connectivity index (χ2v) is 12.0. The lowest BCUT2D eigenvalue weighted by atomic mass is 9.96. The minimum atomic E-state index is -0.783. The molecule has 6 aromatic rings. The number of fused-ring (bicyclic) bond motifs is 3. The van der Waals surface area contributed by atoms with Crippen LogP contribution in [-0.2, 0) is 23.1 Å². The highest BCUT2D eigenvalue weighted by atomic mass is 32.1. The van der Waals surface area contributed by atoms with Crippen molar-refractivity contribution >= 4 is 38.2 Å². The summed E-state index contributed by atoms with van der Waals surface area (Å²) < 4.78 is 46.1. The first-order chi connectivity index (χ1) is 22.3. The fraction of sp³-hybridized carbons (Fsp3) is 0.235. The lowest BCUT2D eigenvalue weighted by Crippen LogP contribution is -2.40. The van der Waals surface area contributed by atoms with Crippen molar-refractivity contribution in [2.75, 3.05) is 26.9 Å². The van der Waals surface area contributed by atoms with E-state index in [1.807, 2.05) is 60.6 Å². The van der Waals surface area contributed by atoms with Crippen LogP contribution in [0.25, 0.3) is 54.8 Å². The average molecular weight is 641 g/mol. The van der Waals surface area contributed by atoms with Crippen molar-refractivity contribution in [3.8, 4) is 39.5 Å².